The highest BCUT2D eigenvalue weighted by Crippen LogP contribution is 2.29. The summed E-state index contributed by atoms with van der Waals surface area (Å²) in [6, 6.07) is -0.141. The van der Waals surface area contributed by atoms with Crippen molar-refractivity contribution in [3.8, 4) is 0 Å². The predicted molar refractivity (Wildman–Crippen MR) is 59.9 cm³/mol. The first-order valence-corrected chi connectivity index (χ1v) is 5.39. The lowest BCUT2D eigenvalue weighted by molar-refractivity contribution is 0.230. The number of amides is 2. The third kappa shape index (κ3) is 2.84. The molecule has 5 nitrogen and oxygen atoms in total. The molecule has 0 spiro atoms. The van der Waals surface area contributed by atoms with Crippen LogP contribution in [-0.4, -0.2) is 23.4 Å². The van der Waals surface area contributed by atoms with Gasteiger partial charge < -0.3 is 16.4 Å². The summed E-state index contributed by atoms with van der Waals surface area (Å²) < 4.78 is 0. The third-order valence-electron chi connectivity index (χ3n) is 2.75. The summed E-state index contributed by atoms with van der Waals surface area (Å²) in [6.45, 7) is 3.79. The van der Waals surface area contributed by atoms with Gasteiger partial charge in [0.1, 0.15) is 5.84 Å². The van der Waals surface area contributed by atoms with Crippen molar-refractivity contribution in [3.05, 3.63) is 0 Å². The molecule has 15 heavy (non-hydrogen) atoms. The van der Waals surface area contributed by atoms with E-state index in [9.17, 15) is 4.79 Å². The maximum absolute atomic E-state index is 11.5. The lowest BCUT2D eigenvalue weighted by Gasteiger charge is -2.29. The molecule has 0 aromatic rings. The van der Waals surface area contributed by atoms with Crippen LogP contribution in [0.4, 0.5) is 4.79 Å². The van der Waals surface area contributed by atoms with Crippen LogP contribution in [-0.2, 0) is 0 Å². The van der Waals surface area contributed by atoms with Gasteiger partial charge in [-0.2, -0.15) is 0 Å². The molecule has 1 fully saturated rings. The Morgan fingerprint density at radius 3 is 2.33 bits per heavy atom. The second-order valence-corrected chi connectivity index (χ2v) is 4.46. The van der Waals surface area contributed by atoms with Gasteiger partial charge in [0.25, 0.3) is 0 Å². The van der Waals surface area contributed by atoms with Crippen LogP contribution in [0.3, 0.4) is 0 Å². The number of amidine groups is 1. The number of carbonyl (C=O) groups excluding carboxylic acids is 1. The van der Waals surface area contributed by atoms with E-state index in [1.54, 1.807) is 0 Å². The first kappa shape index (κ1) is 11.8. The van der Waals surface area contributed by atoms with E-state index < -0.39 is 5.54 Å². The van der Waals surface area contributed by atoms with E-state index in [1.807, 2.05) is 13.8 Å². The van der Waals surface area contributed by atoms with Gasteiger partial charge in [-0.15, -0.1) is 0 Å². The summed E-state index contributed by atoms with van der Waals surface area (Å²) >= 11 is 0. The Bertz CT molecular complexity index is 256. The van der Waals surface area contributed by atoms with Gasteiger partial charge in [-0.1, -0.05) is 12.8 Å². The Morgan fingerprint density at radius 2 is 1.93 bits per heavy atom. The quantitative estimate of drug-likeness (QED) is 0.414. The Kier molecular flexibility index (Phi) is 3.55. The molecule has 1 aliphatic rings. The molecule has 0 heterocycles. The molecule has 0 atom stereocenters. The van der Waals surface area contributed by atoms with Gasteiger partial charge in [-0.25, -0.2) is 4.79 Å². The Hall–Kier alpha value is -1.26. The van der Waals surface area contributed by atoms with Gasteiger partial charge in [-0.3, -0.25) is 5.41 Å². The predicted octanol–water partition coefficient (Wildman–Crippen LogP) is 0.943. The van der Waals surface area contributed by atoms with Gasteiger partial charge in [0.15, 0.2) is 0 Å². The minimum atomic E-state index is -0.598. The van der Waals surface area contributed by atoms with E-state index >= 15 is 0 Å². The fraction of sp³-hybridized carbons (Fsp3) is 0.800. The van der Waals surface area contributed by atoms with Crippen LogP contribution in [0.5, 0.6) is 0 Å². The zero-order chi connectivity index (χ0) is 11.5. The van der Waals surface area contributed by atoms with Crippen molar-refractivity contribution >= 4 is 11.9 Å². The standard InChI is InChI=1S/C10H20N4O/c1-7(2)13-9(15)14-10(8(11)12)5-3-4-6-10/h7H,3-6H2,1-2H3,(H3,11,12)(H2,13,14,15). The van der Waals surface area contributed by atoms with Gasteiger partial charge in [-0.05, 0) is 26.7 Å². The summed E-state index contributed by atoms with van der Waals surface area (Å²) in [5, 5.41) is 13.1. The molecule has 1 rings (SSSR count). The van der Waals surface area contributed by atoms with E-state index in [4.69, 9.17) is 11.1 Å². The maximum atomic E-state index is 11.5. The first-order valence-electron chi connectivity index (χ1n) is 5.39. The van der Waals surface area contributed by atoms with Crippen LogP contribution >= 0.6 is 0 Å². The maximum Gasteiger partial charge on any atom is 0.315 e. The Balaban J connectivity index is 2.59. The summed E-state index contributed by atoms with van der Waals surface area (Å²) in [7, 11) is 0. The average molecular weight is 212 g/mol. The molecule has 0 unspecified atom stereocenters. The zero-order valence-corrected chi connectivity index (χ0v) is 9.39. The molecule has 5 heteroatoms. The highest BCUT2D eigenvalue weighted by molar-refractivity contribution is 5.92. The number of carbonyl (C=O) groups is 1. The molecular formula is C10H20N4O. The fourth-order valence-electron chi connectivity index (χ4n) is 1.96. The summed E-state index contributed by atoms with van der Waals surface area (Å²) in [5.74, 6) is 0.0684. The molecule has 0 bridgehead atoms. The SMILES string of the molecule is CC(C)NC(=O)NC1(C(=N)N)CCCC1. The van der Waals surface area contributed by atoms with Gasteiger partial charge in [0.05, 0.1) is 5.54 Å². The van der Waals surface area contributed by atoms with E-state index in [1.165, 1.54) is 0 Å². The fourth-order valence-corrected chi connectivity index (χ4v) is 1.96. The molecule has 2 amide bonds. The number of nitrogens with one attached hydrogen (secondary N) is 3. The monoisotopic (exact) mass is 212 g/mol. The van der Waals surface area contributed by atoms with Crippen LogP contribution in [0.2, 0.25) is 0 Å². The van der Waals surface area contributed by atoms with E-state index in [2.05, 4.69) is 10.6 Å². The van der Waals surface area contributed by atoms with Crippen molar-refractivity contribution < 1.29 is 4.79 Å². The van der Waals surface area contributed by atoms with Crippen molar-refractivity contribution in [2.24, 2.45) is 5.73 Å². The van der Waals surface area contributed by atoms with Crippen molar-refractivity contribution in [1.82, 2.24) is 10.6 Å². The summed E-state index contributed by atoms with van der Waals surface area (Å²) in [5.41, 5.74) is 4.95. The van der Waals surface area contributed by atoms with Crippen LogP contribution in [0.15, 0.2) is 0 Å². The summed E-state index contributed by atoms with van der Waals surface area (Å²) in [4.78, 5) is 11.5. The molecule has 86 valence electrons. The normalized spacial score (nSPS) is 18.9. The molecule has 0 radical (unpaired) electrons. The van der Waals surface area contributed by atoms with Crippen molar-refractivity contribution in [2.45, 2.75) is 51.1 Å². The molecule has 0 aromatic carbocycles. The highest BCUT2D eigenvalue weighted by atomic mass is 16.2. The molecule has 0 aromatic heterocycles. The van der Waals surface area contributed by atoms with Crippen LogP contribution < -0.4 is 16.4 Å². The Labute approximate surface area is 90.3 Å². The molecule has 1 aliphatic carbocycles. The van der Waals surface area contributed by atoms with Gasteiger partial charge in [0.2, 0.25) is 0 Å². The van der Waals surface area contributed by atoms with Crippen molar-refractivity contribution in [3.63, 3.8) is 0 Å². The minimum Gasteiger partial charge on any atom is -0.386 e. The molecule has 0 aliphatic heterocycles. The van der Waals surface area contributed by atoms with Crippen molar-refractivity contribution in [1.29, 1.82) is 5.41 Å². The largest absolute Gasteiger partial charge is 0.386 e. The molecule has 5 N–H and O–H groups in total. The second-order valence-electron chi connectivity index (χ2n) is 4.46. The van der Waals surface area contributed by atoms with Gasteiger partial charge in [0, 0.05) is 6.04 Å². The highest BCUT2D eigenvalue weighted by Gasteiger charge is 2.38. The minimum absolute atomic E-state index is 0.0684. The first-order chi connectivity index (χ1) is 6.96. The van der Waals surface area contributed by atoms with E-state index in [-0.39, 0.29) is 17.9 Å². The number of hydrogen-bond donors (Lipinski definition) is 4. The summed E-state index contributed by atoms with van der Waals surface area (Å²) in [6.07, 6.45) is 3.57. The van der Waals surface area contributed by atoms with E-state index in [0.29, 0.717) is 0 Å². The second kappa shape index (κ2) is 4.51. The van der Waals surface area contributed by atoms with E-state index in [0.717, 1.165) is 25.7 Å². The number of hydrogen-bond acceptors (Lipinski definition) is 2. The zero-order valence-electron chi connectivity index (χ0n) is 9.39. The smallest absolute Gasteiger partial charge is 0.315 e. The Morgan fingerprint density at radius 1 is 1.40 bits per heavy atom. The molecule has 0 saturated heterocycles. The average Bonchev–Trinajstić information content (AvgIpc) is 2.52. The van der Waals surface area contributed by atoms with Crippen molar-refractivity contribution in [2.75, 3.05) is 0 Å². The topological polar surface area (TPSA) is 91.0 Å². The lowest BCUT2D eigenvalue weighted by Crippen LogP contribution is -2.58. The molecule has 1 saturated carbocycles. The lowest BCUT2D eigenvalue weighted by atomic mass is 9.96. The van der Waals surface area contributed by atoms with Crippen LogP contribution in [0, 0.1) is 5.41 Å². The number of urea groups is 1. The van der Waals surface area contributed by atoms with Gasteiger partial charge >= 0.3 is 6.03 Å². The number of nitrogens with two attached hydrogens (primary N) is 1. The van der Waals surface area contributed by atoms with Crippen LogP contribution in [0.25, 0.3) is 0 Å². The van der Waals surface area contributed by atoms with Crippen LogP contribution in [0.1, 0.15) is 39.5 Å². The molecular weight excluding hydrogens is 192 g/mol. The number of rotatable bonds is 3. The third-order valence-corrected chi connectivity index (χ3v) is 2.75.